The molecule has 0 radical (unpaired) electrons. The lowest BCUT2D eigenvalue weighted by molar-refractivity contribution is -0.138. The Bertz CT molecular complexity index is 1970. The summed E-state index contributed by atoms with van der Waals surface area (Å²) >= 11 is 12.1. The van der Waals surface area contributed by atoms with E-state index in [-0.39, 0.29) is 53.7 Å². The summed E-state index contributed by atoms with van der Waals surface area (Å²) < 4.78 is 41.2. The number of nitrogens with one attached hydrogen (secondary N) is 3. The van der Waals surface area contributed by atoms with Crippen molar-refractivity contribution < 1.29 is 32.3 Å². The van der Waals surface area contributed by atoms with Crippen molar-refractivity contribution in [1.82, 2.24) is 20.0 Å². The van der Waals surface area contributed by atoms with Crippen molar-refractivity contribution in [2.75, 3.05) is 41.7 Å². The van der Waals surface area contributed by atoms with Crippen molar-refractivity contribution in [2.45, 2.75) is 115 Å². The van der Waals surface area contributed by atoms with Crippen LogP contribution in [0.3, 0.4) is 0 Å². The number of imide groups is 1. The Morgan fingerprint density at radius 1 is 1.02 bits per heavy atom. The van der Waals surface area contributed by atoms with E-state index in [4.69, 9.17) is 23.8 Å². The van der Waals surface area contributed by atoms with E-state index in [1.807, 2.05) is 4.90 Å². The van der Waals surface area contributed by atoms with E-state index >= 15 is 0 Å². The summed E-state index contributed by atoms with van der Waals surface area (Å²) in [5.74, 6) is -0.738. The standard InChI is InChI=1S/C41H50ClF3N8O4S/c1-24-21-50(22-25(2)51(24)23-36(55)48-30-17-28(42)16-29(18-30)47-34-13-14-35(54)49-37(34)56)15-5-6-26-7-10-31(11-8-26)53-39(58)52(38(57)40(53,3)4)32-12-9-27(20-46)33(19-32)41(43,44)45/h9,12,16-19,24-26,31,34,47H,5-8,10-11,13-15,21-23H2,1-4H3,(H,48,55)(H,49,54,56)/t24-,25+,26-,31-,34?. The number of carbonyl (C=O) groups excluding carboxylic acids is 4. The van der Waals surface area contributed by atoms with Gasteiger partial charge in [0.2, 0.25) is 17.7 Å². The van der Waals surface area contributed by atoms with Gasteiger partial charge in [-0.05, 0) is 134 Å². The summed E-state index contributed by atoms with van der Waals surface area (Å²) in [5, 5.41) is 18.2. The highest BCUT2D eigenvalue weighted by molar-refractivity contribution is 7.80. The number of piperazine rings is 1. The lowest BCUT2D eigenvalue weighted by Crippen LogP contribution is -2.58. The van der Waals surface area contributed by atoms with Gasteiger partial charge in [-0.1, -0.05) is 11.6 Å². The van der Waals surface area contributed by atoms with Gasteiger partial charge in [0.15, 0.2) is 5.11 Å². The van der Waals surface area contributed by atoms with Gasteiger partial charge in [-0.2, -0.15) is 18.4 Å². The molecule has 3 saturated heterocycles. The molecule has 4 fully saturated rings. The number of alkyl halides is 3. The number of benzene rings is 2. The third kappa shape index (κ3) is 9.59. The van der Waals surface area contributed by atoms with E-state index in [2.05, 4.69) is 39.6 Å². The average molecular weight is 843 g/mol. The summed E-state index contributed by atoms with van der Waals surface area (Å²) in [6, 6.07) is 9.59. The van der Waals surface area contributed by atoms with Crippen LogP contribution >= 0.6 is 23.8 Å². The molecular formula is C41H50ClF3N8O4S. The fourth-order valence-electron chi connectivity index (χ4n) is 9.05. The van der Waals surface area contributed by atoms with Crippen LogP contribution in [-0.2, 0) is 25.4 Å². The minimum absolute atomic E-state index is 0.00699. The van der Waals surface area contributed by atoms with Crippen LogP contribution in [0.15, 0.2) is 36.4 Å². The first-order valence-electron chi connectivity index (χ1n) is 19.8. The third-order valence-electron chi connectivity index (χ3n) is 11.9. The maximum atomic E-state index is 13.7. The normalized spacial score (nSPS) is 25.7. The number of piperidine rings is 1. The van der Waals surface area contributed by atoms with E-state index in [1.54, 1.807) is 38.1 Å². The van der Waals surface area contributed by atoms with Crippen molar-refractivity contribution in [3.05, 3.63) is 52.5 Å². The molecule has 0 bridgehead atoms. The van der Waals surface area contributed by atoms with E-state index < -0.39 is 40.7 Å². The predicted molar refractivity (Wildman–Crippen MR) is 219 cm³/mol. The Hall–Kier alpha value is -4.30. The van der Waals surface area contributed by atoms with Gasteiger partial charge in [-0.15, -0.1) is 0 Å². The number of thiocarbonyl (C=S) groups is 1. The summed E-state index contributed by atoms with van der Waals surface area (Å²) in [6.07, 6.45) is 1.49. The topological polar surface area (TPSA) is 141 Å². The van der Waals surface area contributed by atoms with Crippen molar-refractivity contribution in [3.8, 4) is 6.07 Å². The second kappa shape index (κ2) is 17.5. The van der Waals surface area contributed by atoms with E-state index in [0.29, 0.717) is 28.7 Å². The number of carbonyl (C=O) groups is 4. The molecule has 1 aliphatic carbocycles. The highest BCUT2D eigenvalue weighted by Gasteiger charge is 2.52. The van der Waals surface area contributed by atoms with Crippen LogP contribution in [0.1, 0.15) is 90.2 Å². The molecule has 6 rings (SSSR count). The lowest BCUT2D eigenvalue weighted by atomic mass is 9.82. The number of halogens is 4. The number of rotatable bonds is 11. The number of nitriles is 1. The second-order valence-corrected chi connectivity index (χ2v) is 17.4. The van der Waals surface area contributed by atoms with Crippen LogP contribution < -0.4 is 20.9 Å². The molecule has 2 aromatic carbocycles. The quantitative estimate of drug-likeness (QED) is 0.169. The number of nitrogens with zero attached hydrogens (tertiary/aromatic N) is 5. The highest BCUT2D eigenvalue weighted by Crippen LogP contribution is 2.41. The molecule has 3 atom stereocenters. The molecule has 3 aliphatic heterocycles. The summed E-state index contributed by atoms with van der Waals surface area (Å²) in [6.45, 7) is 10.6. The zero-order valence-corrected chi connectivity index (χ0v) is 34.7. The summed E-state index contributed by atoms with van der Waals surface area (Å²) in [5.41, 5.74) is -1.56. The van der Waals surface area contributed by atoms with Gasteiger partial charge in [0.1, 0.15) is 11.6 Å². The molecule has 0 aromatic heterocycles. The molecule has 3 N–H and O–H groups in total. The van der Waals surface area contributed by atoms with Gasteiger partial charge in [0, 0.05) is 54.0 Å². The largest absolute Gasteiger partial charge is 0.417 e. The molecule has 1 saturated carbocycles. The minimum atomic E-state index is -4.75. The van der Waals surface area contributed by atoms with E-state index in [9.17, 15) is 37.6 Å². The lowest BCUT2D eigenvalue weighted by Gasteiger charge is -2.44. The van der Waals surface area contributed by atoms with Crippen molar-refractivity contribution in [3.63, 3.8) is 0 Å². The molecule has 17 heteroatoms. The molecule has 4 aliphatic rings. The van der Waals surface area contributed by atoms with Crippen LogP contribution in [0.2, 0.25) is 5.02 Å². The molecular weight excluding hydrogens is 793 g/mol. The smallest absolute Gasteiger partial charge is 0.374 e. The van der Waals surface area contributed by atoms with Crippen LogP contribution in [0.4, 0.5) is 30.2 Å². The average Bonchev–Trinajstić information content (AvgIpc) is 3.32. The molecule has 2 aromatic rings. The molecule has 4 amide bonds. The third-order valence-corrected chi connectivity index (χ3v) is 12.5. The first-order chi connectivity index (χ1) is 27.3. The SMILES string of the molecule is C[C@@H]1CN(CCC[C@H]2CC[C@H](N3C(=S)N(c4ccc(C#N)c(C(F)(F)F)c4)C(=O)C3(C)C)CC2)C[C@H](C)N1CC(=O)Nc1cc(Cl)cc(NC2CCC(=O)NC2=O)c1. The Labute approximate surface area is 347 Å². The van der Waals surface area contributed by atoms with E-state index in [0.717, 1.165) is 70.3 Å². The van der Waals surface area contributed by atoms with Crippen LogP contribution in [-0.4, -0.2) is 99.3 Å². The zero-order valence-electron chi connectivity index (χ0n) is 33.1. The Balaban J connectivity index is 0.951. The van der Waals surface area contributed by atoms with Gasteiger partial charge in [0.25, 0.3) is 5.91 Å². The summed E-state index contributed by atoms with van der Waals surface area (Å²) in [4.78, 5) is 58.3. The molecule has 312 valence electrons. The Morgan fingerprint density at radius 3 is 2.33 bits per heavy atom. The second-order valence-electron chi connectivity index (χ2n) is 16.6. The van der Waals surface area contributed by atoms with Gasteiger partial charge in [0.05, 0.1) is 29.4 Å². The minimum Gasteiger partial charge on any atom is -0.374 e. The Morgan fingerprint density at radius 2 is 1.69 bits per heavy atom. The number of anilines is 3. The van der Waals surface area contributed by atoms with Crippen molar-refractivity contribution in [1.29, 1.82) is 5.26 Å². The van der Waals surface area contributed by atoms with Gasteiger partial charge >= 0.3 is 6.18 Å². The highest BCUT2D eigenvalue weighted by atomic mass is 35.5. The van der Waals surface area contributed by atoms with Crippen molar-refractivity contribution >= 4 is 69.6 Å². The van der Waals surface area contributed by atoms with Gasteiger partial charge in [-0.25, -0.2) is 0 Å². The number of amides is 4. The molecule has 3 heterocycles. The molecule has 1 unspecified atom stereocenters. The fourth-order valence-corrected chi connectivity index (χ4v) is 9.85. The van der Waals surface area contributed by atoms with Crippen LogP contribution in [0.25, 0.3) is 0 Å². The number of hydrogen-bond donors (Lipinski definition) is 3. The summed E-state index contributed by atoms with van der Waals surface area (Å²) in [7, 11) is 0. The molecule has 0 spiro atoms. The van der Waals surface area contributed by atoms with E-state index in [1.165, 1.54) is 11.0 Å². The van der Waals surface area contributed by atoms with Gasteiger partial charge < -0.3 is 20.4 Å². The Kier molecular flexibility index (Phi) is 13.1. The first-order valence-corrected chi connectivity index (χ1v) is 20.6. The number of hydrogen-bond acceptors (Lipinski definition) is 9. The molecule has 58 heavy (non-hydrogen) atoms. The maximum Gasteiger partial charge on any atom is 0.417 e. The van der Waals surface area contributed by atoms with Crippen LogP contribution in [0, 0.1) is 17.2 Å². The maximum absolute atomic E-state index is 13.7. The van der Waals surface area contributed by atoms with Gasteiger partial charge in [-0.3, -0.25) is 34.3 Å². The van der Waals surface area contributed by atoms with Crippen LogP contribution in [0.5, 0.6) is 0 Å². The first kappa shape index (κ1) is 43.3. The zero-order chi connectivity index (χ0) is 42.1. The monoisotopic (exact) mass is 842 g/mol. The fraction of sp³-hybridized carbons (Fsp3) is 0.561. The molecule has 12 nitrogen and oxygen atoms in total. The van der Waals surface area contributed by atoms with Crippen molar-refractivity contribution in [2.24, 2.45) is 5.92 Å². The predicted octanol–water partition coefficient (Wildman–Crippen LogP) is 6.53.